The molecule has 0 bridgehead atoms. The van der Waals surface area contributed by atoms with Crippen LogP contribution < -0.4 is 4.90 Å². The van der Waals surface area contributed by atoms with E-state index < -0.39 is 34.2 Å². The fourth-order valence-electron chi connectivity index (χ4n) is 2.40. The quantitative estimate of drug-likeness (QED) is 0.656. The van der Waals surface area contributed by atoms with Gasteiger partial charge >= 0.3 is 18.1 Å². The van der Waals surface area contributed by atoms with Crippen LogP contribution in [0.2, 0.25) is 0 Å². The van der Waals surface area contributed by atoms with Crippen LogP contribution in [0.1, 0.15) is 10.4 Å². The van der Waals surface area contributed by atoms with Crippen molar-refractivity contribution in [1.29, 1.82) is 0 Å². The maximum absolute atomic E-state index is 12.4. The maximum Gasteiger partial charge on any atom is 0.471 e. The second kappa shape index (κ2) is 6.34. The Bertz CT molecular complexity index is 684. The van der Waals surface area contributed by atoms with Crippen LogP contribution in [0, 0.1) is 10.1 Å². The number of benzene rings is 1. The number of halogens is 3. The fourth-order valence-corrected chi connectivity index (χ4v) is 2.40. The van der Waals surface area contributed by atoms with Crippen LogP contribution in [0.15, 0.2) is 18.2 Å². The number of rotatable bonds is 3. The second-order valence-corrected chi connectivity index (χ2v) is 5.04. The number of carbonyl (C=O) groups is 2. The lowest BCUT2D eigenvalue weighted by Crippen LogP contribution is -2.52. The number of carboxylic acids is 1. The van der Waals surface area contributed by atoms with E-state index in [4.69, 9.17) is 5.11 Å². The number of nitro groups is 1. The van der Waals surface area contributed by atoms with Crippen molar-refractivity contribution >= 4 is 23.3 Å². The Labute approximate surface area is 133 Å². The largest absolute Gasteiger partial charge is 0.477 e. The average Bonchev–Trinajstić information content (AvgIpc) is 2.52. The molecule has 0 aliphatic carbocycles. The minimum absolute atomic E-state index is 0.0470. The van der Waals surface area contributed by atoms with Gasteiger partial charge in [-0.15, -0.1) is 0 Å². The third-order valence-corrected chi connectivity index (χ3v) is 3.58. The molecule has 130 valence electrons. The number of aromatic carboxylic acids is 1. The van der Waals surface area contributed by atoms with Crippen molar-refractivity contribution in [1.82, 2.24) is 4.90 Å². The highest BCUT2D eigenvalue weighted by atomic mass is 19.4. The first kappa shape index (κ1) is 17.5. The molecule has 1 aliphatic rings. The van der Waals surface area contributed by atoms with Gasteiger partial charge in [-0.05, 0) is 12.1 Å². The number of hydrogen-bond acceptors (Lipinski definition) is 5. The number of amides is 1. The lowest BCUT2D eigenvalue weighted by molar-refractivity contribution is -0.385. The minimum atomic E-state index is -4.94. The Hall–Kier alpha value is -2.85. The molecule has 1 aromatic carbocycles. The van der Waals surface area contributed by atoms with Crippen LogP contribution in [0.25, 0.3) is 0 Å². The number of piperazine rings is 1. The number of nitrogens with zero attached hydrogens (tertiary/aromatic N) is 3. The van der Waals surface area contributed by atoms with Crippen LogP contribution in [-0.4, -0.2) is 59.2 Å². The normalized spacial score (nSPS) is 15.3. The summed E-state index contributed by atoms with van der Waals surface area (Å²) in [6.45, 7) is -0.281. The van der Waals surface area contributed by atoms with Crippen molar-refractivity contribution in [2.45, 2.75) is 6.18 Å². The molecule has 1 fully saturated rings. The summed E-state index contributed by atoms with van der Waals surface area (Å²) in [5.74, 6) is -3.37. The summed E-state index contributed by atoms with van der Waals surface area (Å²) >= 11 is 0. The molecule has 11 heteroatoms. The van der Waals surface area contributed by atoms with Gasteiger partial charge in [0.05, 0.1) is 4.92 Å². The molecule has 0 spiro atoms. The number of nitro benzene ring substituents is 1. The number of alkyl halides is 3. The van der Waals surface area contributed by atoms with E-state index in [2.05, 4.69) is 0 Å². The first-order chi connectivity index (χ1) is 11.1. The first-order valence-corrected chi connectivity index (χ1v) is 6.74. The van der Waals surface area contributed by atoms with E-state index in [1.165, 1.54) is 6.07 Å². The molecule has 24 heavy (non-hydrogen) atoms. The van der Waals surface area contributed by atoms with Gasteiger partial charge in [0.1, 0.15) is 5.56 Å². The molecule has 1 heterocycles. The fraction of sp³-hybridized carbons (Fsp3) is 0.385. The van der Waals surface area contributed by atoms with Gasteiger partial charge in [-0.3, -0.25) is 14.9 Å². The summed E-state index contributed by atoms with van der Waals surface area (Å²) in [7, 11) is 0. The molecule has 8 nitrogen and oxygen atoms in total. The molecule has 1 aliphatic heterocycles. The Morgan fingerprint density at radius 2 is 1.75 bits per heavy atom. The Kier molecular flexibility index (Phi) is 4.62. The maximum atomic E-state index is 12.4. The van der Waals surface area contributed by atoms with Gasteiger partial charge in [0.25, 0.3) is 5.69 Å². The van der Waals surface area contributed by atoms with Gasteiger partial charge in [0, 0.05) is 37.9 Å². The summed E-state index contributed by atoms with van der Waals surface area (Å²) in [5.41, 5.74) is -0.769. The van der Waals surface area contributed by atoms with Gasteiger partial charge in [-0.25, -0.2) is 4.79 Å². The number of carbonyl (C=O) groups excluding carboxylic acids is 1. The topological polar surface area (TPSA) is 104 Å². The molecule has 2 rings (SSSR count). The molecule has 1 aromatic rings. The van der Waals surface area contributed by atoms with E-state index in [1.54, 1.807) is 4.90 Å². The van der Waals surface area contributed by atoms with Gasteiger partial charge in [-0.1, -0.05) is 0 Å². The molecule has 0 saturated carbocycles. The van der Waals surface area contributed by atoms with E-state index in [1.807, 2.05) is 0 Å². The van der Waals surface area contributed by atoms with E-state index in [0.29, 0.717) is 10.6 Å². The molecule has 0 atom stereocenters. The van der Waals surface area contributed by atoms with Crippen LogP contribution in [0.3, 0.4) is 0 Å². The van der Waals surface area contributed by atoms with E-state index >= 15 is 0 Å². The zero-order valence-electron chi connectivity index (χ0n) is 12.1. The highest BCUT2D eigenvalue weighted by Crippen LogP contribution is 2.27. The van der Waals surface area contributed by atoms with Crippen molar-refractivity contribution in [2.24, 2.45) is 0 Å². The van der Waals surface area contributed by atoms with Crippen LogP contribution >= 0.6 is 0 Å². The Morgan fingerprint density at radius 1 is 1.17 bits per heavy atom. The molecule has 0 aromatic heterocycles. The Balaban J connectivity index is 2.15. The Morgan fingerprint density at radius 3 is 2.21 bits per heavy atom. The monoisotopic (exact) mass is 347 g/mol. The SMILES string of the molecule is O=C(O)c1ccc(N2CCN(C(=O)C(F)(F)F)CC2)cc1[N+](=O)[O-]. The zero-order chi connectivity index (χ0) is 18.1. The molecule has 0 unspecified atom stereocenters. The van der Waals surface area contributed by atoms with Crippen LogP contribution in [0.5, 0.6) is 0 Å². The predicted octanol–water partition coefficient (Wildman–Crippen LogP) is 1.50. The van der Waals surface area contributed by atoms with Gasteiger partial charge < -0.3 is 14.9 Å². The standard InChI is InChI=1S/C13H12F3N3O5/c14-13(15,16)12(22)18-5-3-17(4-6-18)8-1-2-9(11(20)21)10(7-8)19(23)24/h1-2,7H,3-6H2,(H,20,21). The molecule has 1 N–H and O–H groups in total. The van der Waals surface area contributed by atoms with Crippen molar-refractivity contribution in [3.63, 3.8) is 0 Å². The zero-order valence-corrected chi connectivity index (χ0v) is 12.1. The van der Waals surface area contributed by atoms with E-state index in [-0.39, 0.29) is 26.2 Å². The lowest BCUT2D eigenvalue weighted by Gasteiger charge is -2.36. The number of anilines is 1. The third-order valence-electron chi connectivity index (χ3n) is 3.58. The van der Waals surface area contributed by atoms with Gasteiger partial charge in [-0.2, -0.15) is 13.2 Å². The molecule has 1 saturated heterocycles. The van der Waals surface area contributed by atoms with Crippen molar-refractivity contribution in [2.75, 3.05) is 31.1 Å². The van der Waals surface area contributed by atoms with Crippen molar-refractivity contribution < 1.29 is 32.8 Å². The number of hydrogen-bond donors (Lipinski definition) is 1. The van der Waals surface area contributed by atoms with Crippen molar-refractivity contribution in [3.05, 3.63) is 33.9 Å². The molecule has 1 amide bonds. The molecular formula is C13H12F3N3O5. The summed E-state index contributed by atoms with van der Waals surface area (Å²) in [6, 6.07) is 3.48. The molecule has 0 radical (unpaired) electrons. The van der Waals surface area contributed by atoms with E-state index in [9.17, 15) is 32.9 Å². The summed E-state index contributed by atoms with van der Waals surface area (Å²) in [4.78, 5) is 34.5. The molecular weight excluding hydrogens is 335 g/mol. The summed E-state index contributed by atoms with van der Waals surface area (Å²) in [5, 5.41) is 19.9. The third kappa shape index (κ3) is 3.55. The first-order valence-electron chi connectivity index (χ1n) is 6.74. The van der Waals surface area contributed by atoms with Crippen LogP contribution in [0.4, 0.5) is 24.5 Å². The lowest BCUT2D eigenvalue weighted by atomic mass is 10.1. The van der Waals surface area contributed by atoms with E-state index in [0.717, 1.165) is 12.1 Å². The van der Waals surface area contributed by atoms with Gasteiger partial charge in [0.15, 0.2) is 0 Å². The minimum Gasteiger partial charge on any atom is -0.477 e. The highest BCUT2D eigenvalue weighted by molar-refractivity contribution is 5.93. The van der Waals surface area contributed by atoms with Crippen molar-refractivity contribution in [3.8, 4) is 0 Å². The van der Waals surface area contributed by atoms with Gasteiger partial charge in [0.2, 0.25) is 0 Å². The average molecular weight is 347 g/mol. The summed E-state index contributed by atoms with van der Waals surface area (Å²) < 4.78 is 37.1. The predicted molar refractivity (Wildman–Crippen MR) is 74.9 cm³/mol. The second-order valence-electron chi connectivity index (χ2n) is 5.04. The smallest absolute Gasteiger partial charge is 0.471 e. The number of carboxylic acid groups (broad SMARTS) is 1. The van der Waals surface area contributed by atoms with Crippen LogP contribution in [-0.2, 0) is 4.79 Å². The highest BCUT2D eigenvalue weighted by Gasteiger charge is 2.43. The summed E-state index contributed by atoms with van der Waals surface area (Å²) in [6.07, 6.45) is -4.94.